The summed E-state index contributed by atoms with van der Waals surface area (Å²) in [6, 6.07) is 4.58. The van der Waals surface area contributed by atoms with Gasteiger partial charge in [0.1, 0.15) is 0 Å². The Bertz CT molecular complexity index is 256. The summed E-state index contributed by atoms with van der Waals surface area (Å²) >= 11 is 0. The summed E-state index contributed by atoms with van der Waals surface area (Å²) in [6.07, 6.45) is 7.72. The molecule has 1 N–H and O–H groups in total. The van der Waals surface area contributed by atoms with Gasteiger partial charge in [-0.1, -0.05) is 19.1 Å². The van der Waals surface area contributed by atoms with Gasteiger partial charge in [0.25, 0.3) is 0 Å². The molecule has 2 nitrogen and oxygen atoms in total. The van der Waals surface area contributed by atoms with Crippen LogP contribution in [0.5, 0.6) is 0 Å². The van der Waals surface area contributed by atoms with Crippen molar-refractivity contribution >= 4 is 0 Å². The molecule has 0 spiro atoms. The van der Waals surface area contributed by atoms with E-state index < -0.39 is 0 Å². The Morgan fingerprint density at radius 2 is 2.50 bits per heavy atom. The number of nitrogens with one attached hydrogen (secondary N) is 1. The predicted octanol–water partition coefficient (Wildman–Crippen LogP) is 2.18. The lowest BCUT2D eigenvalue weighted by Crippen LogP contribution is -2.30. The summed E-state index contributed by atoms with van der Waals surface area (Å²) in [7, 11) is 0. The van der Waals surface area contributed by atoms with Crippen LogP contribution in [0.3, 0.4) is 0 Å². The van der Waals surface area contributed by atoms with Crippen LogP contribution in [0, 0.1) is 0 Å². The zero-order valence-electron chi connectivity index (χ0n) is 8.74. The van der Waals surface area contributed by atoms with Crippen molar-refractivity contribution < 1.29 is 0 Å². The number of rotatable bonds is 6. The molecular weight excluding hydrogens is 172 g/mol. The number of pyridine rings is 1. The highest BCUT2D eigenvalue weighted by atomic mass is 14.9. The zero-order valence-corrected chi connectivity index (χ0v) is 8.74. The third kappa shape index (κ3) is 3.71. The first-order valence-electron chi connectivity index (χ1n) is 5.10. The Kier molecular flexibility index (Phi) is 4.94. The van der Waals surface area contributed by atoms with Crippen molar-refractivity contribution in [3.8, 4) is 0 Å². The number of nitrogens with zero attached hydrogens (tertiary/aromatic N) is 1. The summed E-state index contributed by atoms with van der Waals surface area (Å²) in [5, 5.41) is 3.43. The Morgan fingerprint density at radius 1 is 1.64 bits per heavy atom. The normalized spacial score (nSPS) is 12.4. The van der Waals surface area contributed by atoms with Gasteiger partial charge in [-0.25, -0.2) is 0 Å². The molecular formula is C12H18N2. The maximum atomic E-state index is 4.10. The quantitative estimate of drug-likeness (QED) is 0.695. The first-order valence-corrected chi connectivity index (χ1v) is 5.10. The minimum absolute atomic E-state index is 0.488. The van der Waals surface area contributed by atoms with Crippen LogP contribution in [0.15, 0.2) is 37.2 Å². The molecule has 0 aliphatic heterocycles. The molecule has 0 radical (unpaired) electrons. The lowest BCUT2D eigenvalue weighted by molar-refractivity contribution is 0.529. The molecule has 0 amide bonds. The topological polar surface area (TPSA) is 24.9 Å². The van der Waals surface area contributed by atoms with Crippen molar-refractivity contribution in [1.82, 2.24) is 10.3 Å². The fraction of sp³-hybridized carbons (Fsp3) is 0.417. The summed E-state index contributed by atoms with van der Waals surface area (Å²) in [6.45, 7) is 6.89. The van der Waals surface area contributed by atoms with Gasteiger partial charge >= 0.3 is 0 Å². The van der Waals surface area contributed by atoms with E-state index in [2.05, 4.69) is 29.9 Å². The highest BCUT2D eigenvalue weighted by Gasteiger charge is 2.05. The van der Waals surface area contributed by atoms with Crippen LogP contribution >= 0.6 is 0 Å². The van der Waals surface area contributed by atoms with E-state index in [0.717, 1.165) is 19.4 Å². The van der Waals surface area contributed by atoms with Crippen LogP contribution in [-0.4, -0.2) is 17.6 Å². The zero-order chi connectivity index (χ0) is 10.2. The highest BCUT2D eigenvalue weighted by molar-refractivity contribution is 5.10. The van der Waals surface area contributed by atoms with Crippen molar-refractivity contribution in [2.75, 3.05) is 6.54 Å². The molecule has 14 heavy (non-hydrogen) atoms. The predicted molar refractivity (Wildman–Crippen MR) is 60.2 cm³/mol. The first-order chi connectivity index (χ1) is 6.86. The fourth-order valence-electron chi connectivity index (χ4n) is 1.53. The van der Waals surface area contributed by atoms with Gasteiger partial charge in [0.2, 0.25) is 0 Å². The smallest absolute Gasteiger partial charge is 0.0300 e. The van der Waals surface area contributed by atoms with Crippen molar-refractivity contribution in [1.29, 1.82) is 0 Å². The van der Waals surface area contributed by atoms with Crippen LogP contribution in [0.25, 0.3) is 0 Å². The molecule has 1 aromatic heterocycles. The number of likely N-dealkylation sites (N-methyl/N-ethyl adjacent to an activating group) is 1. The molecule has 0 aliphatic rings. The molecule has 76 valence electrons. The summed E-state index contributed by atoms with van der Waals surface area (Å²) in [4.78, 5) is 4.10. The van der Waals surface area contributed by atoms with Gasteiger partial charge in [-0.3, -0.25) is 4.98 Å². The van der Waals surface area contributed by atoms with Crippen molar-refractivity contribution in [3.63, 3.8) is 0 Å². The molecule has 0 saturated carbocycles. The van der Waals surface area contributed by atoms with Crippen LogP contribution in [0.1, 0.15) is 18.9 Å². The average Bonchev–Trinajstić information content (AvgIpc) is 2.20. The second-order valence-corrected chi connectivity index (χ2v) is 3.34. The van der Waals surface area contributed by atoms with Gasteiger partial charge in [0.05, 0.1) is 0 Å². The standard InChI is InChI=1S/C12H18N2/c1-3-6-12(14-4-2)9-11-7-5-8-13-10-11/h3,5,7-8,10,12,14H,1,4,6,9H2,2H3. The maximum absolute atomic E-state index is 4.10. The second-order valence-electron chi connectivity index (χ2n) is 3.34. The first kappa shape index (κ1) is 10.9. The largest absolute Gasteiger partial charge is 0.314 e. The van der Waals surface area contributed by atoms with E-state index in [1.54, 1.807) is 6.20 Å². The molecule has 1 heterocycles. The molecule has 1 atom stereocenters. The Labute approximate surface area is 86.1 Å². The Balaban J connectivity index is 2.50. The van der Waals surface area contributed by atoms with E-state index in [1.165, 1.54) is 5.56 Å². The van der Waals surface area contributed by atoms with E-state index >= 15 is 0 Å². The molecule has 1 aromatic rings. The molecule has 0 bridgehead atoms. The molecule has 0 fully saturated rings. The van der Waals surface area contributed by atoms with Crippen molar-refractivity contribution in [2.45, 2.75) is 25.8 Å². The van der Waals surface area contributed by atoms with E-state index in [0.29, 0.717) is 6.04 Å². The van der Waals surface area contributed by atoms with Gasteiger partial charge in [-0.05, 0) is 31.0 Å². The van der Waals surface area contributed by atoms with Gasteiger partial charge in [-0.2, -0.15) is 0 Å². The molecule has 0 saturated heterocycles. The van der Waals surface area contributed by atoms with E-state index in [1.807, 2.05) is 18.3 Å². The molecule has 1 rings (SSSR count). The second kappa shape index (κ2) is 6.33. The minimum atomic E-state index is 0.488. The lowest BCUT2D eigenvalue weighted by atomic mass is 10.1. The van der Waals surface area contributed by atoms with E-state index in [9.17, 15) is 0 Å². The Hall–Kier alpha value is -1.15. The van der Waals surface area contributed by atoms with Gasteiger partial charge in [-0.15, -0.1) is 6.58 Å². The van der Waals surface area contributed by atoms with E-state index in [-0.39, 0.29) is 0 Å². The van der Waals surface area contributed by atoms with Crippen LogP contribution < -0.4 is 5.32 Å². The SMILES string of the molecule is C=CCC(Cc1cccnc1)NCC. The third-order valence-electron chi connectivity index (χ3n) is 2.15. The van der Waals surface area contributed by atoms with Gasteiger partial charge < -0.3 is 5.32 Å². The van der Waals surface area contributed by atoms with Crippen LogP contribution in [0.4, 0.5) is 0 Å². The maximum Gasteiger partial charge on any atom is 0.0300 e. The minimum Gasteiger partial charge on any atom is -0.314 e. The summed E-state index contributed by atoms with van der Waals surface area (Å²) < 4.78 is 0. The molecule has 2 heteroatoms. The van der Waals surface area contributed by atoms with Crippen molar-refractivity contribution in [2.24, 2.45) is 0 Å². The highest BCUT2D eigenvalue weighted by Crippen LogP contribution is 2.04. The number of hydrogen-bond donors (Lipinski definition) is 1. The average molecular weight is 190 g/mol. The van der Waals surface area contributed by atoms with Gasteiger partial charge in [0.15, 0.2) is 0 Å². The molecule has 0 aromatic carbocycles. The number of hydrogen-bond acceptors (Lipinski definition) is 2. The number of aromatic nitrogens is 1. The Morgan fingerprint density at radius 3 is 3.07 bits per heavy atom. The summed E-state index contributed by atoms with van der Waals surface area (Å²) in [5.41, 5.74) is 1.28. The summed E-state index contributed by atoms with van der Waals surface area (Å²) in [5.74, 6) is 0. The monoisotopic (exact) mass is 190 g/mol. The van der Waals surface area contributed by atoms with Crippen LogP contribution in [-0.2, 0) is 6.42 Å². The van der Waals surface area contributed by atoms with Gasteiger partial charge in [0, 0.05) is 18.4 Å². The van der Waals surface area contributed by atoms with Crippen molar-refractivity contribution in [3.05, 3.63) is 42.7 Å². The molecule has 0 aliphatic carbocycles. The third-order valence-corrected chi connectivity index (χ3v) is 2.15. The lowest BCUT2D eigenvalue weighted by Gasteiger charge is -2.15. The molecule has 1 unspecified atom stereocenters. The van der Waals surface area contributed by atoms with E-state index in [4.69, 9.17) is 0 Å². The van der Waals surface area contributed by atoms with Crippen LogP contribution in [0.2, 0.25) is 0 Å². The fourth-order valence-corrected chi connectivity index (χ4v) is 1.53.